The first kappa shape index (κ1) is 12.5. The van der Waals surface area contributed by atoms with Crippen LogP contribution in [0.4, 0.5) is 4.39 Å². The van der Waals surface area contributed by atoms with Crippen molar-refractivity contribution < 1.29 is 4.39 Å². The highest BCUT2D eigenvalue weighted by molar-refractivity contribution is 9.10. The van der Waals surface area contributed by atoms with E-state index in [2.05, 4.69) is 20.9 Å². The first-order valence-corrected chi connectivity index (χ1v) is 6.59. The normalized spacial score (nSPS) is 10.5. The van der Waals surface area contributed by atoms with Gasteiger partial charge in [-0.25, -0.2) is 9.37 Å². The summed E-state index contributed by atoms with van der Waals surface area (Å²) in [5, 5.41) is 0.729. The highest BCUT2D eigenvalue weighted by Gasteiger charge is 2.11. The summed E-state index contributed by atoms with van der Waals surface area (Å²) in [5.41, 5.74) is 6.38. The van der Waals surface area contributed by atoms with E-state index in [0.717, 1.165) is 15.1 Å². The molecule has 0 aliphatic carbocycles. The Morgan fingerprint density at radius 2 is 2.12 bits per heavy atom. The molecule has 0 saturated carbocycles. The first-order chi connectivity index (χ1) is 8.22. The van der Waals surface area contributed by atoms with Crippen LogP contribution >= 0.6 is 27.7 Å². The molecule has 1 heterocycles. The summed E-state index contributed by atoms with van der Waals surface area (Å²) in [6, 6.07) is 8.60. The van der Waals surface area contributed by atoms with Gasteiger partial charge >= 0.3 is 0 Å². The average molecular weight is 313 g/mol. The van der Waals surface area contributed by atoms with Crippen LogP contribution < -0.4 is 5.73 Å². The minimum atomic E-state index is -0.268. The van der Waals surface area contributed by atoms with Crippen molar-refractivity contribution in [2.75, 3.05) is 0 Å². The molecule has 0 atom stereocenters. The van der Waals surface area contributed by atoms with Crippen molar-refractivity contribution in [2.45, 2.75) is 16.5 Å². The molecule has 1 aromatic carbocycles. The zero-order valence-electron chi connectivity index (χ0n) is 8.86. The predicted octanol–water partition coefficient (Wildman–Crippen LogP) is 3.59. The zero-order valence-corrected chi connectivity index (χ0v) is 11.3. The standard InChI is InChI=1S/C12H10BrFN2S/c13-9-4-2-6-16-12(9)17-11-8(7-15)3-1-5-10(11)14/h1-6H,7,15H2. The van der Waals surface area contributed by atoms with E-state index in [1.165, 1.54) is 17.8 Å². The molecule has 2 nitrogen and oxygen atoms in total. The van der Waals surface area contributed by atoms with E-state index in [1.807, 2.05) is 18.2 Å². The number of hydrogen-bond acceptors (Lipinski definition) is 3. The molecule has 0 unspecified atom stereocenters. The number of benzene rings is 1. The van der Waals surface area contributed by atoms with E-state index in [1.54, 1.807) is 12.3 Å². The van der Waals surface area contributed by atoms with Gasteiger partial charge < -0.3 is 5.73 Å². The largest absolute Gasteiger partial charge is 0.326 e. The lowest BCUT2D eigenvalue weighted by atomic mass is 10.2. The lowest BCUT2D eigenvalue weighted by molar-refractivity contribution is 0.597. The molecular weight excluding hydrogens is 303 g/mol. The highest BCUT2D eigenvalue weighted by Crippen LogP contribution is 2.35. The van der Waals surface area contributed by atoms with Crippen LogP contribution in [0.2, 0.25) is 0 Å². The van der Waals surface area contributed by atoms with E-state index in [4.69, 9.17) is 5.73 Å². The zero-order chi connectivity index (χ0) is 12.3. The molecule has 0 fully saturated rings. The third-order valence-corrected chi connectivity index (χ3v) is 4.27. The molecule has 0 spiro atoms. The average Bonchev–Trinajstić information content (AvgIpc) is 2.34. The molecule has 0 saturated heterocycles. The van der Waals surface area contributed by atoms with Gasteiger partial charge in [0.2, 0.25) is 0 Å². The molecule has 88 valence electrons. The summed E-state index contributed by atoms with van der Waals surface area (Å²) in [5.74, 6) is -0.268. The number of pyridine rings is 1. The molecular formula is C12H10BrFN2S. The van der Waals surface area contributed by atoms with Gasteiger partial charge in [-0.2, -0.15) is 0 Å². The Kier molecular flexibility index (Phi) is 4.15. The topological polar surface area (TPSA) is 38.9 Å². The molecule has 17 heavy (non-hydrogen) atoms. The molecule has 5 heteroatoms. The third-order valence-electron chi connectivity index (χ3n) is 2.19. The van der Waals surface area contributed by atoms with Crippen LogP contribution in [0.3, 0.4) is 0 Å². The van der Waals surface area contributed by atoms with Crippen molar-refractivity contribution in [1.29, 1.82) is 0 Å². The van der Waals surface area contributed by atoms with Crippen LogP contribution in [-0.2, 0) is 6.54 Å². The number of hydrogen-bond donors (Lipinski definition) is 1. The Labute approximate surface area is 112 Å². The lowest BCUT2D eigenvalue weighted by Crippen LogP contribution is -2.00. The van der Waals surface area contributed by atoms with Crippen molar-refractivity contribution in [3.63, 3.8) is 0 Å². The van der Waals surface area contributed by atoms with Crippen LogP contribution in [0.25, 0.3) is 0 Å². The summed E-state index contributed by atoms with van der Waals surface area (Å²) in [6.07, 6.45) is 1.68. The van der Waals surface area contributed by atoms with Crippen LogP contribution in [0.5, 0.6) is 0 Å². The summed E-state index contributed by atoms with van der Waals surface area (Å²) in [6.45, 7) is 0.310. The Morgan fingerprint density at radius 1 is 1.29 bits per heavy atom. The van der Waals surface area contributed by atoms with Crippen molar-refractivity contribution in [3.05, 3.63) is 52.4 Å². The maximum atomic E-state index is 13.7. The van der Waals surface area contributed by atoms with Crippen molar-refractivity contribution >= 4 is 27.7 Å². The number of aromatic nitrogens is 1. The summed E-state index contributed by atoms with van der Waals surface area (Å²) >= 11 is 4.67. The van der Waals surface area contributed by atoms with Crippen molar-refractivity contribution in [1.82, 2.24) is 4.98 Å². The molecule has 1 aromatic heterocycles. The summed E-state index contributed by atoms with van der Waals surface area (Å²) < 4.78 is 14.6. The number of halogens is 2. The molecule has 2 N–H and O–H groups in total. The fourth-order valence-electron chi connectivity index (χ4n) is 1.37. The second-order valence-electron chi connectivity index (χ2n) is 3.32. The van der Waals surface area contributed by atoms with Crippen LogP contribution in [0.1, 0.15) is 5.56 Å². The fraction of sp³-hybridized carbons (Fsp3) is 0.0833. The molecule has 0 amide bonds. The Hall–Kier alpha value is -0.910. The highest BCUT2D eigenvalue weighted by atomic mass is 79.9. The Morgan fingerprint density at radius 3 is 2.82 bits per heavy atom. The quantitative estimate of drug-likeness (QED) is 0.941. The van der Waals surface area contributed by atoms with Gasteiger partial charge in [0.25, 0.3) is 0 Å². The predicted molar refractivity (Wildman–Crippen MR) is 70.4 cm³/mol. The van der Waals surface area contributed by atoms with Crippen molar-refractivity contribution in [2.24, 2.45) is 5.73 Å². The molecule has 0 aliphatic heterocycles. The Balaban J connectivity index is 2.39. The van der Waals surface area contributed by atoms with Crippen LogP contribution in [-0.4, -0.2) is 4.98 Å². The lowest BCUT2D eigenvalue weighted by Gasteiger charge is -2.08. The van der Waals surface area contributed by atoms with E-state index < -0.39 is 0 Å². The molecule has 0 aliphatic rings. The maximum absolute atomic E-state index is 13.7. The van der Waals surface area contributed by atoms with Gasteiger partial charge in [0.05, 0.1) is 9.37 Å². The van der Waals surface area contributed by atoms with Gasteiger partial charge in [0.15, 0.2) is 0 Å². The van der Waals surface area contributed by atoms with E-state index in [9.17, 15) is 4.39 Å². The first-order valence-electron chi connectivity index (χ1n) is 4.98. The van der Waals surface area contributed by atoms with Gasteiger partial charge in [0, 0.05) is 12.7 Å². The molecule has 2 aromatic rings. The van der Waals surface area contributed by atoms with Gasteiger partial charge in [-0.05, 0) is 39.7 Å². The summed E-state index contributed by atoms with van der Waals surface area (Å²) in [7, 11) is 0. The Bertz CT molecular complexity index is 534. The summed E-state index contributed by atoms with van der Waals surface area (Å²) in [4.78, 5) is 4.74. The fourth-order valence-corrected chi connectivity index (χ4v) is 2.79. The third kappa shape index (κ3) is 2.86. The van der Waals surface area contributed by atoms with Crippen molar-refractivity contribution in [3.8, 4) is 0 Å². The SMILES string of the molecule is NCc1cccc(F)c1Sc1ncccc1Br. The number of nitrogens with two attached hydrogens (primary N) is 1. The number of nitrogens with zero attached hydrogens (tertiary/aromatic N) is 1. The van der Waals surface area contributed by atoms with Crippen LogP contribution in [0.15, 0.2) is 50.9 Å². The minimum absolute atomic E-state index is 0.268. The second-order valence-corrected chi connectivity index (χ2v) is 5.18. The minimum Gasteiger partial charge on any atom is -0.326 e. The monoisotopic (exact) mass is 312 g/mol. The van der Waals surface area contributed by atoms with E-state index >= 15 is 0 Å². The smallest absolute Gasteiger partial charge is 0.137 e. The maximum Gasteiger partial charge on any atom is 0.137 e. The number of rotatable bonds is 3. The van der Waals surface area contributed by atoms with Gasteiger partial charge in [-0.1, -0.05) is 23.9 Å². The van der Waals surface area contributed by atoms with Gasteiger partial charge in [-0.15, -0.1) is 0 Å². The van der Waals surface area contributed by atoms with Gasteiger partial charge in [0.1, 0.15) is 10.8 Å². The molecule has 0 bridgehead atoms. The van der Waals surface area contributed by atoms with Crippen LogP contribution in [0, 0.1) is 5.82 Å². The van der Waals surface area contributed by atoms with Gasteiger partial charge in [-0.3, -0.25) is 0 Å². The van der Waals surface area contributed by atoms with E-state index in [0.29, 0.717) is 11.4 Å². The van der Waals surface area contributed by atoms with E-state index in [-0.39, 0.29) is 5.82 Å². The second kappa shape index (κ2) is 5.62. The molecule has 2 rings (SSSR count). The molecule has 0 radical (unpaired) electrons.